The SMILES string of the molecule is CCCCC(C)CCCCCCCI. The molecule has 1 atom stereocenters. The van der Waals surface area contributed by atoms with Gasteiger partial charge in [0.15, 0.2) is 0 Å². The van der Waals surface area contributed by atoms with Gasteiger partial charge in [-0.25, -0.2) is 0 Å². The van der Waals surface area contributed by atoms with E-state index in [0.717, 1.165) is 5.92 Å². The molecule has 14 heavy (non-hydrogen) atoms. The summed E-state index contributed by atoms with van der Waals surface area (Å²) in [5.74, 6) is 0.972. The Balaban J connectivity index is 3.02. The summed E-state index contributed by atoms with van der Waals surface area (Å²) < 4.78 is 1.34. The number of rotatable bonds is 10. The van der Waals surface area contributed by atoms with Gasteiger partial charge in [-0.05, 0) is 16.8 Å². The molecule has 0 aliphatic heterocycles. The molecule has 0 heterocycles. The molecule has 0 radical (unpaired) electrons. The Kier molecular flexibility index (Phi) is 12.4. The smallest absolute Gasteiger partial charge is 0.000473 e. The molecule has 0 spiro atoms. The van der Waals surface area contributed by atoms with E-state index in [9.17, 15) is 0 Å². The second-order valence-corrected chi connectivity index (χ2v) is 5.57. The monoisotopic (exact) mass is 310 g/mol. The zero-order valence-electron chi connectivity index (χ0n) is 10.0. The topological polar surface area (TPSA) is 0 Å². The first kappa shape index (κ1) is 14.7. The molecule has 0 saturated carbocycles. The quantitative estimate of drug-likeness (QED) is 0.280. The van der Waals surface area contributed by atoms with Crippen LogP contribution < -0.4 is 0 Å². The summed E-state index contributed by atoms with van der Waals surface area (Å²) in [6, 6.07) is 0. The van der Waals surface area contributed by atoms with Crippen LogP contribution in [0, 0.1) is 5.92 Å². The van der Waals surface area contributed by atoms with Gasteiger partial charge >= 0.3 is 0 Å². The van der Waals surface area contributed by atoms with Crippen LogP contribution in [0.4, 0.5) is 0 Å². The van der Waals surface area contributed by atoms with E-state index >= 15 is 0 Å². The van der Waals surface area contributed by atoms with Crippen molar-refractivity contribution >= 4 is 22.6 Å². The minimum Gasteiger partial charge on any atom is -0.0864 e. The predicted octanol–water partition coefficient (Wildman–Crippen LogP) is 5.59. The van der Waals surface area contributed by atoms with E-state index in [-0.39, 0.29) is 0 Å². The molecule has 1 heteroatoms. The van der Waals surface area contributed by atoms with E-state index in [2.05, 4.69) is 36.4 Å². The third-order valence-corrected chi connectivity index (χ3v) is 3.64. The molecule has 1 unspecified atom stereocenters. The zero-order valence-corrected chi connectivity index (χ0v) is 12.2. The highest BCUT2D eigenvalue weighted by Gasteiger charge is 2.00. The summed E-state index contributed by atoms with van der Waals surface area (Å²) in [6.45, 7) is 4.71. The highest BCUT2D eigenvalue weighted by atomic mass is 127. The van der Waals surface area contributed by atoms with Crippen LogP contribution in [0.25, 0.3) is 0 Å². The van der Waals surface area contributed by atoms with Crippen LogP contribution in [0.1, 0.15) is 71.6 Å². The van der Waals surface area contributed by atoms with E-state index in [4.69, 9.17) is 0 Å². The van der Waals surface area contributed by atoms with Gasteiger partial charge in [-0.15, -0.1) is 0 Å². The van der Waals surface area contributed by atoms with Gasteiger partial charge in [-0.1, -0.05) is 87.8 Å². The molecule has 0 saturated heterocycles. The largest absolute Gasteiger partial charge is 0.0864 e. The fourth-order valence-electron chi connectivity index (χ4n) is 1.81. The van der Waals surface area contributed by atoms with Crippen LogP contribution >= 0.6 is 22.6 Å². The third-order valence-electron chi connectivity index (χ3n) is 2.88. The summed E-state index contributed by atoms with van der Waals surface area (Å²) in [5, 5.41) is 0. The molecule has 0 amide bonds. The van der Waals surface area contributed by atoms with E-state index < -0.39 is 0 Å². The van der Waals surface area contributed by atoms with Gasteiger partial charge < -0.3 is 0 Å². The van der Waals surface area contributed by atoms with E-state index in [1.54, 1.807) is 0 Å². The van der Waals surface area contributed by atoms with E-state index in [1.165, 1.54) is 62.2 Å². The number of unbranched alkanes of at least 4 members (excludes halogenated alkanes) is 5. The Morgan fingerprint density at radius 3 is 2.07 bits per heavy atom. The first-order valence-electron chi connectivity index (χ1n) is 6.37. The van der Waals surface area contributed by atoms with Gasteiger partial charge in [0.2, 0.25) is 0 Å². The van der Waals surface area contributed by atoms with Crippen LogP contribution in [0.5, 0.6) is 0 Å². The number of halogens is 1. The lowest BCUT2D eigenvalue weighted by molar-refractivity contribution is 0.443. The molecular weight excluding hydrogens is 283 g/mol. The van der Waals surface area contributed by atoms with Crippen LogP contribution in [0.15, 0.2) is 0 Å². The highest BCUT2D eigenvalue weighted by molar-refractivity contribution is 14.1. The lowest BCUT2D eigenvalue weighted by Crippen LogP contribution is -1.94. The molecule has 0 aliphatic rings. The van der Waals surface area contributed by atoms with E-state index in [0.29, 0.717) is 0 Å². The van der Waals surface area contributed by atoms with Gasteiger partial charge in [0, 0.05) is 0 Å². The Bertz CT molecular complexity index is 101. The predicted molar refractivity (Wildman–Crippen MR) is 75.3 cm³/mol. The van der Waals surface area contributed by atoms with Crippen LogP contribution in [-0.2, 0) is 0 Å². The second-order valence-electron chi connectivity index (χ2n) is 4.49. The van der Waals surface area contributed by atoms with Crippen molar-refractivity contribution in [3.63, 3.8) is 0 Å². The molecule has 0 aromatic rings. The molecule has 0 rings (SSSR count). The van der Waals surface area contributed by atoms with Gasteiger partial charge in [0.25, 0.3) is 0 Å². The second kappa shape index (κ2) is 11.8. The van der Waals surface area contributed by atoms with Crippen molar-refractivity contribution in [3.05, 3.63) is 0 Å². The van der Waals surface area contributed by atoms with E-state index in [1.807, 2.05) is 0 Å². The maximum atomic E-state index is 2.47. The van der Waals surface area contributed by atoms with Gasteiger partial charge in [0.1, 0.15) is 0 Å². The number of hydrogen-bond acceptors (Lipinski definition) is 0. The molecule has 0 aromatic heterocycles. The molecule has 86 valence electrons. The fourth-order valence-corrected chi connectivity index (χ4v) is 2.35. The number of alkyl halides is 1. The maximum Gasteiger partial charge on any atom is -0.000473 e. The van der Waals surface area contributed by atoms with Crippen LogP contribution in [0.3, 0.4) is 0 Å². The molecule has 0 bridgehead atoms. The van der Waals surface area contributed by atoms with Crippen molar-refractivity contribution in [2.45, 2.75) is 71.6 Å². The first-order valence-corrected chi connectivity index (χ1v) is 7.89. The normalized spacial score (nSPS) is 13.1. The summed E-state index contributed by atoms with van der Waals surface area (Å²) in [5.41, 5.74) is 0. The van der Waals surface area contributed by atoms with Crippen LogP contribution in [0.2, 0.25) is 0 Å². The first-order chi connectivity index (χ1) is 6.81. The Morgan fingerprint density at radius 1 is 0.857 bits per heavy atom. The standard InChI is InChI=1S/C13H27I/c1-3-4-10-13(2)11-8-6-5-7-9-12-14/h13H,3-12H2,1-2H3. The molecule has 0 fully saturated rings. The molecule has 0 aliphatic carbocycles. The van der Waals surface area contributed by atoms with Crippen molar-refractivity contribution in [1.82, 2.24) is 0 Å². The van der Waals surface area contributed by atoms with Crippen molar-refractivity contribution in [2.24, 2.45) is 5.92 Å². The highest BCUT2D eigenvalue weighted by Crippen LogP contribution is 2.16. The van der Waals surface area contributed by atoms with Crippen molar-refractivity contribution in [3.8, 4) is 0 Å². The Hall–Kier alpha value is 0.730. The minimum atomic E-state index is 0.972. The van der Waals surface area contributed by atoms with Crippen molar-refractivity contribution in [1.29, 1.82) is 0 Å². The van der Waals surface area contributed by atoms with Crippen molar-refractivity contribution < 1.29 is 0 Å². The zero-order chi connectivity index (χ0) is 10.6. The average molecular weight is 310 g/mol. The molecule has 0 aromatic carbocycles. The molecule has 0 N–H and O–H groups in total. The number of hydrogen-bond donors (Lipinski definition) is 0. The summed E-state index contributed by atoms with van der Waals surface area (Å²) in [4.78, 5) is 0. The summed E-state index contributed by atoms with van der Waals surface area (Å²) in [6.07, 6.45) is 13.0. The maximum absolute atomic E-state index is 2.47. The molecular formula is C13H27I. The lowest BCUT2D eigenvalue weighted by Gasteiger charge is -2.09. The van der Waals surface area contributed by atoms with Crippen molar-refractivity contribution in [2.75, 3.05) is 4.43 Å². The van der Waals surface area contributed by atoms with Gasteiger partial charge in [-0.2, -0.15) is 0 Å². The Labute approximate surface area is 104 Å². The summed E-state index contributed by atoms with van der Waals surface area (Å²) >= 11 is 2.47. The van der Waals surface area contributed by atoms with Crippen LogP contribution in [-0.4, -0.2) is 4.43 Å². The lowest BCUT2D eigenvalue weighted by atomic mass is 9.97. The third kappa shape index (κ3) is 10.8. The fraction of sp³-hybridized carbons (Fsp3) is 1.00. The average Bonchev–Trinajstić information content (AvgIpc) is 2.20. The minimum absolute atomic E-state index is 0.972. The summed E-state index contributed by atoms with van der Waals surface area (Å²) in [7, 11) is 0. The van der Waals surface area contributed by atoms with Gasteiger partial charge in [-0.3, -0.25) is 0 Å². The Morgan fingerprint density at radius 2 is 1.43 bits per heavy atom. The van der Waals surface area contributed by atoms with Gasteiger partial charge in [0.05, 0.1) is 0 Å². The molecule has 0 nitrogen and oxygen atoms in total.